The van der Waals surface area contributed by atoms with Crippen LogP contribution in [-0.4, -0.2) is 25.7 Å². The Morgan fingerprint density at radius 1 is 1.39 bits per heavy atom. The molecule has 0 bridgehead atoms. The SMILES string of the molecule is CC(C)CN=C(N)NCCCOC1CCCc2ccccc21.I. The Bertz CT molecular complexity index is 491. The Kier molecular flexibility index (Phi) is 9.55. The van der Waals surface area contributed by atoms with Crippen LogP contribution in [0.3, 0.4) is 0 Å². The number of rotatable bonds is 7. The molecule has 0 amide bonds. The summed E-state index contributed by atoms with van der Waals surface area (Å²) in [6.07, 6.45) is 4.73. The van der Waals surface area contributed by atoms with Gasteiger partial charge in [0.1, 0.15) is 0 Å². The van der Waals surface area contributed by atoms with Crippen molar-refractivity contribution in [1.29, 1.82) is 0 Å². The summed E-state index contributed by atoms with van der Waals surface area (Å²) in [7, 11) is 0. The molecule has 23 heavy (non-hydrogen) atoms. The van der Waals surface area contributed by atoms with E-state index >= 15 is 0 Å². The van der Waals surface area contributed by atoms with Crippen LogP contribution in [0.1, 0.15) is 50.3 Å². The molecule has 1 atom stereocenters. The van der Waals surface area contributed by atoms with Crippen molar-refractivity contribution in [3.63, 3.8) is 0 Å². The molecule has 1 aromatic rings. The Hall–Kier alpha value is -0.820. The van der Waals surface area contributed by atoms with E-state index in [-0.39, 0.29) is 30.1 Å². The Labute approximate surface area is 157 Å². The molecular weight excluding hydrogens is 401 g/mol. The van der Waals surface area contributed by atoms with Crippen LogP contribution in [0.4, 0.5) is 0 Å². The van der Waals surface area contributed by atoms with Gasteiger partial charge < -0.3 is 15.8 Å². The molecule has 1 unspecified atom stereocenters. The topological polar surface area (TPSA) is 59.6 Å². The summed E-state index contributed by atoms with van der Waals surface area (Å²) in [6, 6.07) is 8.64. The van der Waals surface area contributed by atoms with Gasteiger partial charge in [-0.2, -0.15) is 0 Å². The molecule has 0 fully saturated rings. The Balaban J connectivity index is 0.00000264. The number of hydrogen-bond acceptors (Lipinski definition) is 2. The highest BCUT2D eigenvalue weighted by molar-refractivity contribution is 14.0. The number of benzene rings is 1. The van der Waals surface area contributed by atoms with Crippen molar-refractivity contribution in [3.05, 3.63) is 35.4 Å². The predicted octanol–water partition coefficient (Wildman–Crippen LogP) is 3.65. The third-order valence-electron chi connectivity index (χ3n) is 3.89. The zero-order chi connectivity index (χ0) is 15.8. The van der Waals surface area contributed by atoms with Crippen LogP contribution in [0.15, 0.2) is 29.3 Å². The van der Waals surface area contributed by atoms with Gasteiger partial charge in [-0.05, 0) is 42.7 Å². The number of nitrogens with zero attached hydrogens (tertiary/aromatic N) is 1. The monoisotopic (exact) mass is 431 g/mol. The lowest BCUT2D eigenvalue weighted by Gasteiger charge is -2.25. The average Bonchev–Trinajstić information content (AvgIpc) is 2.52. The predicted molar refractivity (Wildman–Crippen MR) is 107 cm³/mol. The molecule has 0 radical (unpaired) electrons. The van der Waals surface area contributed by atoms with Crippen molar-refractivity contribution >= 4 is 29.9 Å². The molecule has 4 nitrogen and oxygen atoms in total. The molecule has 0 spiro atoms. The third-order valence-corrected chi connectivity index (χ3v) is 3.89. The largest absolute Gasteiger partial charge is 0.373 e. The zero-order valence-electron chi connectivity index (χ0n) is 14.3. The van der Waals surface area contributed by atoms with Crippen LogP contribution in [0.5, 0.6) is 0 Å². The zero-order valence-corrected chi connectivity index (χ0v) is 16.6. The molecule has 2 rings (SSSR count). The highest BCUT2D eigenvalue weighted by Gasteiger charge is 2.19. The quantitative estimate of drug-likeness (QED) is 0.300. The summed E-state index contributed by atoms with van der Waals surface area (Å²) in [5.74, 6) is 1.08. The lowest BCUT2D eigenvalue weighted by Crippen LogP contribution is -2.33. The first-order valence-corrected chi connectivity index (χ1v) is 8.40. The van der Waals surface area contributed by atoms with Gasteiger partial charge >= 0.3 is 0 Å². The molecule has 0 saturated heterocycles. The van der Waals surface area contributed by atoms with Crippen LogP contribution < -0.4 is 11.1 Å². The van der Waals surface area contributed by atoms with Crippen molar-refractivity contribution < 1.29 is 4.74 Å². The summed E-state index contributed by atoms with van der Waals surface area (Å²) in [6.45, 7) is 6.60. The number of halogens is 1. The second kappa shape index (κ2) is 10.9. The molecule has 1 aliphatic carbocycles. The first kappa shape index (κ1) is 20.2. The van der Waals surface area contributed by atoms with E-state index < -0.39 is 0 Å². The van der Waals surface area contributed by atoms with Gasteiger partial charge in [-0.3, -0.25) is 4.99 Å². The fraction of sp³-hybridized carbons (Fsp3) is 0.611. The minimum absolute atomic E-state index is 0. The standard InChI is InChI=1S/C18H29N3O.HI/c1-14(2)13-21-18(19)20-11-6-12-22-17-10-5-8-15-7-3-4-9-16(15)17;/h3-4,7,9,14,17H,5-6,8,10-13H2,1-2H3,(H3,19,20,21);1H. The summed E-state index contributed by atoms with van der Waals surface area (Å²) in [5, 5.41) is 3.14. The van der Waals surface area contributed by atoms with Crippen molar-refractivity contribution in [1.82, 2.24) is 5.32 Å². The second-order valence-electron chi connectivity index (χ2n) is 6.35. The molecule has 5 heteroatoms. The first-order chi connectivity index (χ1) is 10.7. The normalized spacial score (nSPS) is 17.5. The fourth-order valence-electron chi connectivity index (χ4n) is 2.73. The molecule has 0 saturated carbocycles. The molecule has 1 aromatic carbocycles. The summed E-state index contributed by atoms with van der Waals surface area (Å²) in [5.41, 5.74) is 8.63. The van der Waals surface area contributed by atoms with E-state index in [0.717, 1.165) is 32.5 Å². The number of nitrogens with one attached hydrogen (secondary N) is 1. The third kappa shape index (κ3) is 7.08. The lowest BCUT2D eigenvalue weighted by molar-refractivity contribution is 0.0398. The molecule has 0 aliphatic heterocycles. The van der Waals surface area contributed by atoms with Gasteiger partial charge in [0.25, 0.3) is 0 Å². The Morgan fingerprint density at radius 2 is 2.17 bits per heavy atom. The van der Waals surface area contributed by atoms with Crippen molar-refractivity contribution in [3.8, 4) is 0 Å². The van der Waals surface area contributed by atoms with E-state index in [2.05, 4.69) is 48.4 Å². The molecule has 0 aromatic heterocycles. The van der Waals surface area contributed by atoms with E-state index in [0.29, 0.717) is 11.9 Å². The fourth-order valence-corrected chi connectivity index (χ4v) is 2.73. The number of fused-ring (bicyclic) bond motifs is 1. The van der Waals surface area contributed by atoms with Gasteiger partial charge in [-0.1, -0.05) is 38.1 Å². The number of hydrogen-bond donors (Lipinski definition) is 2. The van der Waals surface area contributed by atoms with Gasteiger partial charge in [-0.25, -0.2) is 0 Å². The molecule has 3 N–H and O–H groups in total. The molecule has 0 heterocycles. The number of ether oxygens (including phenoxy) is 1. The van der Waals surface area contributed by atoms with Gasteiger partial charge in [-0.15, -0.1) is 24.0 Å². The highest BCUT2D eigenvalue weighted by Crippen LogP contribution is 2.32. The number of nitrogens with two attached hydrogens (primary N) is 1. The molecular formula is C18H30IN3O. The van der Waals surface area contributed by atoms with Gasteiger partial charge in [0.15, 0.2) is 5.96 Å². The minimum Gasteiger partial charge on any atom is -0.373 e. The van der Waals surface area contributed by atoms with Crippen LogP contribution in [0.2, 0.25) is 0 Å². The van der Waals surface area contributed by atoms with E-state index in [1.54, 1.807) is 0 Å². The van der Waals surface area contributed by atoms with Crippen LogP contribution in [0, 0.1) is 5.92 Å². The van der Waals surface area contributed by atoms with E-state index in [9.17, 15) is 0 Å². The van der Waals surface area contributed by atoms with Crippen LogP contribution >= 0.6 is 24.0 Å². The Morgan fingerprint density at radius 3 is 2.96 bits per heavy atom. The maximum absolute atomic E-state index is 6.07. The molecule has 1 aliphatic rings. The summed E-state index contributed by atoms with van der Waals surface area (Å²) < 4.78 is 6.07. The second-order valence-corrected chi connectivity index (χ2v) is 6.35. The van der Waals surface area contributed by atoms with Gasteiger partial charge in [0, 0.05) is 19.7 Å². The summed E-state index contributed by atoms with van der Waals surface area (Å²) in [4.78, 5) is 4.28. The van der Waals surface area contributed by atoms with E-state index in [4.69, 9.17) is 10.5 Å². The highest BCUT2D eigenvalue weighted by atomic mass is 127. The summed E-state index contributed by atoms with van der Waals surface area (Å²) >= 11 is 0. The number of guanidine groups is 1. The van der Waals surface area contributed by atoms with Gasteiger partial charge in [0.05, 0.1) is 6.10 Å². The molecule has 130 valence electrons. The average molecular weight is 431 g/mol. The van der Waals surface area contributed by atoms with Crippen molar-refractivity contribution in [2.45, 2.75) is 45.6 Å². The maximum Gasteiger partial charge on any atom is 0.188 e. The maximum atomic E-state index is 6.07. The first-order valence-electron chi connectivity index (χ1n) is 8.40. The lowest BCUT2D eigenvalue weighted by atomic mass is 9.89. The van der Waals surface area contributed by atoms with Crippen molar-refractivity contribution in [2.75, 3.05) is 19.7 Å². The van der Waals surface area contributed by atoms with E-state index in [1.165, 1.54) is 24.0 Å². The number of aliphatic imine (C=N–C) groups is 1. The van der Waals surface area contributed by atoms with Crippen LogP contribution in [-0.2, 0) is 11.2 Å². The number of aryl methyl sites for hydroxylation is 1. The van der Waals surface area contributed by atoms with E-state index in [1.807, 2.05) is 0 Å². The smallest absolute Gasteiger partial charge is 0.188 e. The van der Waals surface area contributed by atoms with Crippen molar-refractivity contribution in [2.24, 2.45) is 16.6 Å². The minimum atomic E-state index is 0. The van der Waals surface area contributed by atoms with Gasteiger partial charge in [0.2, 0.25) is 0 Å². The van der Waals surface area contributed by atoms with Crippen LogP contribution in [0.25, 0.3) is 0 Å².